The third-order valence-electron chi connectivity index (χ3n) is 6.91. The van der Waals surface area contributed by atoms with Crippen LogP contribution in [0.3, 0.4) is 0 Å². The van der Waals surface area contributed by atoms with Gasteiger partial charge < -0.3 is 10.1 Å². The van der Waals surface area contributed by atoms with E-state index in [1.165, 1.54) is 34.9 Å². The van der Waals surface area contributed by atoms with E-state index in [-0.39, 0.29) is 36.0 Å². The monoisotopic (exact) mass is 554 g/mol. The fourth-order valence-corrected chi connectivity index (χ4v) is 6.22. The standard InChI is InChI=1S/C29H32F2N4O3S/c1-29(2,3)27-25-26(21-8-4-5-9-22(21)31)39-17-24(37)34(16-23(36)32-15-20-7-6-14-38-20)28(25)35(33-27)19-12-10-18(30)11-13-19/h4-5,8-13,20,26H,6-7,14-17H2,1-3H3,(H,32,36)/t20-,26-/m0/s1. The maximum absolute atomic E-state index is 15.2. The molecule has 2 amide bonds. The van der Waals surface area contributed by atoms with Crippen molar-refractivity contribution in [2.45, 2.75) is 50.4 Å². The predicted molar refractivity (Wildman–Crippen MR) is 147 cm³/mol. The second-order valence-electron chi connectivity index (χ2n) is 10.9. The Labute approximate surface area is 230 Å². The topological polar surface area (TPSA) is 76.5 Å². The minimum Gasteiger partial charge on any atom is -0.376 e. The van der Waals surface area contributed by atoms with E-state index in [9.17, 15) is 14.0 Å². The number of anilines is 1. The molecule has 7 nitrogen and oxygen atoms in total. The van der Waals surface area contributed by atoms with Crippen molar-refractivity contribution in [3.63, 3.8) is 0 Å². The molecule has 1 N–H and O–H groups in total. The lowest BCUT2D eigenvalue weighted by Crippen LogP contribution is -2.44. The van der Waals surface area contributed by atoms with Crippen molar-refractivity contribution in [2.75, 3.05) is 30.3 Å². The van der Waals surface area contributed by atoms with E-state index in [1.54, 1.807) is 35.0 Å². The summed E-state index contributed by atoms with van der Waals surface area (Å²) in [4.78, 5) is 28.2. The minimum atomic E-state index is -0.548. The molecule has 1 fully saturated rings. The Hall–Kier alpha value is -3.24. The summed E-state index contributed by atoms with van der Waals surface area (Å²) in [6, 6.07) is 12.3. The molecule has 1 saturated heterocycles. The van der Waals surface area contributed by atoms with E-state index in [1.807, 2.05) is 20.8 Å². The number of rotatable bonds is 6. The zero-order valence-corrected chi connectivity index (χ0v) is 23.1. The largest absolute Gasteiger partial charge is 0.376 e. The molecule has 1 aromatic heterocycles. The smallest absolute Gasteiger partial charge is 0.240 e. The van der Waals surface area contributed by atoms with Crippen LogP contribution in [0.25, 0.3) is 5.69 Å². The molecule has 0 saturated carbocycles. The number of carbonyl (C=O) groups excluding carboxylic acids is 2. The maximum atomic E-state index is 15.2. The first kappa shape index (κ1) is 27.3. The zero-order chi connectivity index (χ0) is 27.7. The number of hydrogen-bond donors (Lipinski definition) is 1. The van der Waals surface area contributed by atoms with Gasteiger partial charge in [-0.3, -0.25) is 14.5 Å². The number of carbonyl (C=O) groups is 2. The number of hydrogen-bond acceptors (Lipinski definition) is 5. The maximum Gasteiger partial charge on any atom is 0.240 e. The quantitative estimate of drug-likeness (QED) is 0.469. The van der Waals surface area contributed by atoms with Gasteiger partial charge in [0.1, 0.15) is 24.0 Å². The van der Waals surface area contributed by atoms with Gasteiger partial charge >= 0.3 is 0 Å². The number of nitrogens with one attached hydrogen (secondary N) is 1. The van der Waals surface area contributed by atoms with E-state index < -0.39 is 16.5 Å². The number of ether oxygens (including phenoxy) is 1. The van der Waals surface area contributed by atoms with Crippen molar-refractivity contribution in [3.8, 4) is 5.69 Å². The van der Waals surface area contributed by atoms with Crippen LogP contribution in [0.2, 0.25) is 0 Å². The van der Waals surface area contributed by atoms with Crippen LogP contribution < -0.4 is 10.2 Å². The molecular weight excluding hydrogens is 522 g/mol. The summed E-state index contributed by atoms with van der Waals surface area (Å²) in [5, 5.41) is 7.27. The summed E-state index contributed by atoms with van der Waals surface area (Å²) in [6.07, 6.45) is 1.79. The number of fused-ring (bicyclic) bond motifs is 1. The molecule has 2 aliphatic rings. The molecule has 0 spiro atoms. The fraction of sp³-hybridized carbons (Fsp3) is 0.414. The van der Waals surface area contributed by atoms with Crippen LogP contribution in [0.5, 0.6) is 0 Å². The normalized spacial score (nSPS) is 19.6. The van der Waals surface area contributed by atoms with Gasteiger partial charge in [-0.25, -0.2) is 13.5 Å². The van der Waals surface area contributed by atoms with Crippen LogP contribution >= 0.6 is 11.8 Å². The van der Waals surface area contributed by atoms with Crippen molar-refractivity contribution in [2.24, 2.45) is 0 Å². The second-order valence-corrected chi connectivity index (χ2v) is 11.9. The number of thioether (sulfide) groups is 1. The summed E-state index contributed by atoms with van der Waals surface area (Å²) in [6.45, 7) is 6.80. The molecule has 39 heavy (non-hydrogen) atoms. The summed E-state index contributed by atoms with van der Waals surface area (Å²) in [7, 11) is 0. The van der Waals surface area contributed by atoms with Crippen molar-refractivity contribution in [1.82, 2.24) is 15.1 Å². The van der Waals surface area contributed by atoms with E-state index in [0.717, 1.165) is 12.8 Å². The lowest BCUT2D eigenvalue weighted by atomic mass is 9.87. The molecule has 0 aliphatic carbocycles. The molecule has 2 aliphatic heterocycles. The highest BCUT2D eigenvalue weighted by Gasteiger charge is 2.40. The van der Waals surface area contributed by atoms with Crippen molar-refractivity contribution >= 4 is 29.4 Å². The van der Waals surface area contributed by atoms with Crippen molar-refractivity contribution in [3.05, 3.63) is 77.0 Å². The summed E-state index contributed by atoms with van der Waals surface area (Å²) < 4.78 is 36.2. The van der Waals surface area contributed by atoms with Gasteiger partial charge in [-0.15, -0.1) is 11.8 Å². The lowest BCUT2D eigenvalue weighted by Gasteiger charge is -2.25. The highest BCUT2D eigenvalue weighted by molar-refractivity contribution is 8.00. The zero-order valence-electron chi connectivity index (χ0n) is 22.2. The van der Waals surface area contributed by atoms with E-state index in [4.69, 9.17) is 9.84 Å². The summed E-state index contributed by atoms with van der Waals surface area (Å²) in [5.74, 6) is -0.985. The van der Waals surface area contributed by atoms with Crippen molar-refractivity contribution in [1.29, 1.82) is 0 Å². The molecule has 10 heteroatoms. The van der Waals surface area contributed by atoms with Gasteiger partial charge in [-0.1, -0.05) is 39.0 Å². The van der Waals surface area contributed by atoms with E-state index in [2.05, 4.69) is 5.32 Å². The van der Waals surface area contributed by atoms with Crippen molar-refractivity contribution < 1.29 is 23.1 Å². The first-order valence-electron chi connectivity index (χ1n) is 13.1. The van der Waals surface area contributed by atoms with Gasteiger partial charge in [0.2, 0.25) is 11.8 Å². The lowest BCUT2D eigenvalue weighted by molar-refractivity contribution is -0.123. The number of amides is 2. The summed E-state index contributed by atoms with van der Waals surface area (Å²) >= 11 is 1.31. The van der Waals surface area contributed by atoms with Gasteiger partial charge in [-0.2, -0.15) is 5.10 Å². The molecular formula is C29H32F2N4O3S. The van der Waals surface area contributed by atoms with Crippen LogP contribution in [-0.2, 0) is 19.7 Å². The van der Waals surface area contributed by atoms with Gasteiger partial charge in [0.25, 0.3) is 0 Å². The Kier molecular flexibility index (Phi) is 7.77. The van der Waals surface area contributed by atoms with Gasteiger partial charge in [0, 0.05) is 29.7 Å². The molecule has 2 atom stereocenters. The number of aromatic nitrogens is 2. The van der Waals surface area contributed by atoms with E-state index >= 15 is 4.39 Å². The number of halogens is 2. The average molecular weight is 555 g/mol. The van der Waals surface area contributed by atoms with Gasteiger partial charge in [0.15, 0.2) is 0 Å². The van der Waals surface area contributed by atoms with Crippen LogP contribution in [0.4, 0.5) is 14.6 Å². The van der Waals surface area contributed by atoms with Gasteiger partial charge in [0.05, 0.1) is 28.5 Å². The molecule has 2 aromatic carbocycles. The van der Waals surface area contributed by atoms with Crippen LogP contribution in [0, 0.1) is 11.6 Å². The van der Waals surface area contributed by atoms with Crippen LogP contribution in [-0.4, -0.2) is 53.1 Å². The highest BCUT2D eigenvalue weighted by atomic mass is 32.2. The fourth-order valence-electron chi connectivity index (χ4n) is 5.00. The minimum absolute atomic E-state index is 0.0393. The average Bonchev–Trinajstić information content (AvgIpc) is 3.53. The third-order valence-corrected chi connectivity index (χ3v) is 8.15. The molecule has 0 unspecified atom stereocenters. The third kappa shape index (κ3) is 5.72. The summed E-state index contributed by atoms with van der Waals surface area (Å²) in [5.41, 5.74) is 1.81. The molecule has 0 bridgehead atoms. The molecule has 0 radical (unpaired) electrons. The Morgan fingerprint density at radius 3 is 2.56 bits per heavy atom. The number of benzene rings is 2. The Morgan fingerprint density at radius 2 is 1.90 bits per heavy atom. The number of nitrogens with zero attached hydrogens (tertiary/aromatic N) is 3. The van der Waals surface area contributed by atoms with E-state index in [0.29, 0.717) is 41.5 Å². The molecule has 5 rings (SSSR count). The Bertz CT molecular complexity index is 1360. The molecule has 3 heterocycles. The van der Waals surface area contributed by atoms with Crippen LogP contribution in [0.1, 0.15) is 55.7 Å². The SMILES string of the molecule is CC(C)(C)c1nn(-c2ccc(F)cc2)c2c1[C@H](c1ccccc1F)SCC(=O)N2CC(=O)NC[C@@H]1CCCO1. The second kappa shape index (κ2) is 11.1. The van der Waals surface area contributed by atoms with Crippen LogP contribution in [0.15, 0.2) is 48.5 Å². The highest BCUT2D eigenvalue weighted by Crippen LogP contribution is 2.48. The Balaban J connectivity index is 1.66. The van der Waals surface area contributed by atoms with Gasteiger partial charge in [-0.05, 0) is 43.2 Å². The first-order valence-corrected chi connectivity index (χ1v) is 14.1. The molecule has 206 valence electrons. The first-order chi connectivity index (χ1) is 18.6. The predicted octanol–water partition coefficient (Wildman–Crippen LogP) is 4.91. The molecule has 3 aromatic rings. The Morgan fingerprint density at radius 1 is 1.15 bits per heavy atom.